The van der Waals surface area contributed by atoms with Crippen LogP contribution in [0.1, 0.15) is 38.0 Å². The minimum atomic E-state index is -1.19. The first-order valence-electron chi connectivity index (χ1n) is 8.95. The number of anilines is 1. The molecule has 1 aliphatic heterocycles. The molecule has 9 nitrogen and oxygen atoms in total. The van der Waals surface area contributed by atoms with Gasteiger partial charge in [0.2, 0.25) is 0 Å². The van der Waals surface area contributed by atoms with E-state index in [-0.39, 0.29) is 11.1 Å². The number of hydrogen-bond donors (Lipinski definition) is 1. The molecule has 0 unspecified atom stereocenters. The Morgan fingerprint density at radius 2 is 1.53 bits per heavy atom. The molecule has 0 aliphatic carbocycles. The van der Waals surface area contributed by atoms with Crippen molar-refractivity contribution >= 4 is 35.3 Å². The Bertz CT molecular complexity index is 995. The molecule has 2 aromatic carbocycles. The van der Waals surface area contributed by atoms with Crippen LogP contribution in [0.3, 0.4) is 0 Å². The number of nitrogens with one attached hydrogen (secondary N) is 1. The third-order valence-electron chi connectivity index (χ3n) is 4.49. The first-order chi connectivity index (χ1) is 14.3. The first-order valence-corrected chi connectivity index (χ1v) is 8.95. The molecule has 1 atom stereocenters. The zero-order valence-electron chi connectivity index (χ0n) is 16.2. The molecule has 3 rings (SSSR count). The van der Waals surface area contributed by atoms with Crippen molar-refractivity contribution in [3.63, 3.8) is 0 Å². The third kappa shape index (κ3) is 4.04. The molecule has 0 spiro atoms. The number of esters is 2. The van der Waals surface area contributed by atoms with E-state index in [0.717, 1.165) is 4.90 Å². The van der Waals surface area contributed by atoms with Crippen LogP contribution in [0.4, 0.5) is 5.69 Å². The van der Waals surface area contributed by atoms with Gasteiger partial charge in [-0.15, -0.1) is 0 Å². The van der Waals surface area contributed by atoms with Crippen molar-refractivity contribution in [3.05, 3.63) is 65.2 Å². The Morgan fingerprint density at radius 3 is 2.07 bits per heavy atom. The highest BCUT2D eigenvalue weighted by atomic mass is 16.5. The van der Waals surface area contributed by atoms with Gasteiger partial charge in [0.25, 0.3) is 17.7 Å². The molecule has 0 saturated carbocycles. The first kappa shape index (κ1) is 20.7. The zero-order valence-corrected chi connectivity index (χ0v) is 16.2. The van der Waals surface area contributed by atoms with Crippen LogP contribution >= 0.6 is 0 Å². The molecule has 154 valence electrons. The van der Waals surface area contributed by atoms with Gasteiger partial charge in [0.1, 0.15) is 6.04 Å². The smallest absolute Gasteiger partial charge is 0.337 e. The zero-order chi connectivity index (χ0) is 21.8. The maximum absolute atomic E-state index is 12.4. The van der Waals surface area contributed by atoms with Gasteiger partial charge in [0, 0.05) is 5.69 Å². The molecule has 3 amide bonds. The maximum atomic E-state index is 12.4. The normalized spacial score (nSPS) is 13.5. The number of carbonyl (C=O) groups is 5. The molecule has 0 saturated heterocycles. The Morgan fingerprint density at radius 1 is 0.967 bits per heavy atom. The van der Waals surface area contributed by atoms with E-state index in [4.69, 9.17) is 4.74 Å². The summed E-state index contributed by atoms with van der Waals surface area (Å²) in [5.41, 5.74) is 1.14. The van der Waals surface area contributed by atoms with Crippen LogP contribution in [0, 0.1) is 0 Å². The van der Waals surface area contributed by atoms with Gasteiger partial charge in [-0.25, -0.2) is 9.59 Å². The lowest BCUT2D eigenvalue weighted by Gasteiger charge is -2.20. The summed E-state index contributed by atoms with van der Waals surface area (Å²) in [6, 6.07) is 11.0. The van der Waals surface area contributed by atoms with Crippen molar-refractivity contribution in [2.24, 2.45) is 0 Å². The number of methoxy groups -OCH3 is 1. The lowest BCUT2D eigenvalue weighted by atomic mass is 10.1. The molecule has 1 aliphatic rings. The van der Waals surface area contributed by atoms with E-state index in [2.05, 4.69) is 10.1 Å². The lowest BCUT2D eigenvalue weighted by Crippen LogP contribution is -2.44. The average Bonchev–Trinajstić information content (AvgIpc) is 3.02. The molecule has 0 fully saturated rings. The van der Waals surface area contributed by atoms with Gasteiger partial charge in [-0.1, -0.05) is 12.1 Å². The summed E-state index contributed by atoms with van der Waals surface area (Å²) >= 11 is 0. The number of nitrogens with zero attached hydrogens (tertiary/aromatic N) is 1. The second-order valence-electron chi connectivity index (χ2n) is 6.43. The van der Waals surface area contributed by atoms with Crippen molar-refractivity contribution in [1.82, 2.24) is 4.90 Å². The van der Waals surface area contributed by atoms with Crippen LogP contribution in [0.15, 0.2) is 48.5 Å². The second kappa shape index (κ2) is 8.56. The van der Waals surface area contributed by atoms with Crippen LogP contribution in [-0.2, 0) is 19.1 Å². The quantitative estimate of drug-likeness (QED) is 0.568. The van der Waals surface area contributed by atoms with Gasteiger partial charge < -0.3 is 14.8 Å². The Labute approximate surface area is 171 Å². The Hall–Kier alpha value is -4.01. The number of benzene rings is 2. The molecule has 1 N–H and O–H groups in total. The van der Waals surface area contributed by atoms with E-state index in [1.54, 1.807) is 12.1 Å². The highest BCUT2D eigenvalue weighted by Gasteiger charge is 2.41. The number of imide groups is 1. The summed E-state index contributed by atoms with van der Waals surface area (Å²) in [6.07, 6.45) is 0. The second-order valence-corrected chi connectivity index (χ2v) is 6.43. The molecule has 0 radical (unpaired) electrons. The third-order valence-corrected chi connectivity index (χ3v) is 4.49. The van der Waals surface area contributed by atoms with Crippen LogP contribution in [-0.4, -0.2) is 54.3 Å². The molecular weight excluding hydrogens is 392 g/mol. The largest absolute Gasteiger partial charge is 0.465 e. The maximum Gasteiger partial charge on any atom is 0.337 e. The minimum Gasteiger partial charge on any atom is -0.465 e. The number of amides is 3. The predicted molar refractivity (Wildman–Crippen MR) is 104 cm³/mol. The highest BCUT2D eigenvalue weighted by Crippen LogP contribution is 2.24. The van der Waals surface area contributed by atoms with Crippen molar-refractivity contribution in [3.8, 4) is 0 Å². The number of ether oxygens (including phenoxy) is 2. The number of rotatable bonds is 6. The Balaban J connectivity index is 1.55. The van der Waals surface area contributed by atoms with Crippen LogP contribution in [0.5, 0.6) is 0 Å². The number of fused-ring (bicyclic) bond motifs is 1. The molecule has 1 heterocycles. The van der Waals surface area contributed by atoms with E-state index in [1.165, 1.54) is 50.4 Å². The van der Waals surface area contributed by atoms with Crippen molar-refractivity contribution in [2.45, 2.75) is 13.0 Å². The van der Waals surface area contributed by atoms with Gasteiger partial charge in [-0.3, -0.25) is 19.3 Å². The Kier molecular flexibility index (Phi) is 5.91. The van der Waals surface area contributed by atoms with Gasteiger partial charge >= 0.3 is 11.9 Å². The highest BCUT2D eigenvalue weighted by molar-refractivity contribution is 6.22. The average molecular weight is 410 g/mol. The van der Waals surface area contributed by atoms with Crippen LogP contribution in [0.2, 0.25) is 0 Å². The number of hydrogen-bond acceptors (Lipinski definition) is 7. The molecule has 30 heavy (non-hydrogen) atoms. The topological polar surface area (TPSA) is 119 Å². The predicted octanol–water partition coefficient (Wildman–Crippen LogP) is 1.64. The summed E-state index contributed by atoms with van der Waals surface area (Å²) in [5.74, 6) is -3.20. The number of carbonyl (C=O) groups excluding carboxylic acids is 5. The van der Waals surface area contributed by atoms with E-state index >= 15 is 0 Å². The summed E-state index contributed by atoms with van der Waals surface area (Å²) in [5, 5.41) is 2.51. The summed E-state index contributed by atoms with van der Waals surface area (Å²) in [7, 11) is 1.26. The summed E-state index contributed by atoms with van der Waals surface area (Å²) in [4.78, 5) is 61.3. The SMILES string of the molecule is COC(=O)c1ccc(NC(=O)COC(=O)[C@@H](C)N2C(=O)c3ccccc3C2=O)cc1. The van der Waals surface area contributed by atoms with Gasteiger partial charge in [0.15, 0.2) is 6.61 Å². The standard InChI is InChI=1S/C21H18N2O7/c1-12(23-18(25)15-5-3-4-6-16(15)19(23)26)20(27)30-11-17(24)22-14-9-7-13(8-10-14)21(28)29-2/h3-10,12H,11H2,1-2H3,(H,22,24)/t12-/m1/s1. The monoisotopic (exact) mass is 410 g/mol. The summed E-state index contributed by atoms with van der Waals surface area (Å²) < 4.78 is 9.54. The van der Waals surface area contributed by atoms with Crippen LogP contribution in [0.25, 0.3) is 0 Å². The molecular formula is C21H18N2O7. The van der Waals surface area contributed by atoms with Gasteiger partial charge in [-0.05, 0) is 43.3 Å². The molecule has 9 heteroatoms. The van der Waals surface area contributed by atoms with Crippen molar-refractivity contribution < 1.29 is 33.4 Å². The lowest BCUT2D eigenvalue weighted by molar-refractivity contribution is -0.150. The van der Waals surface area contributed by atoms with E-state index in [9.17, 15) is 24.0 Å². The van der Waals surface area contributed by atoms with Crippen molar-refractivity contribution in [2.75, 3.05) is 19.0 Å². The van der Waals surface area contributed by atoms with E-state index in [1.807, 2.05) is 0 Å². The fourth-order valence-corrected chi connectivity index (χ4v) is 2.93. The summed E-state index contributed by atoms with van der Waals surface area (Å²) in [6.45, 7) is 0.749. The van der Waals surface area contributed by atoms with Crippen LogP contribution < -0.4 is 5.32 Å². The fourth-order valence-electron chi connectivity index (χ4n) is 2.93. The minimum absolute atomic E-state index is 0.218. The molecule has 2 aromatic rings. The van der Waals surface area contributed by atoms with Crippen molar-refractivity contribution in [1.29, 1.82) is 0 Å². The van der Waals surface area contributed by atoms with Gasteiger partial charge in [-0.2, -0.15) is 0 Å². The van der Waals surface area contributed by atoms with E-state index in [0.29, 0.717) is 11.3 Å². The van der Waals surface area contributed by atoms with E-state index < -0.39 is 42.3 Å². The fraction of sp³-hybridized carbons (Fsp3) is 0.190. The van der Waals surface area contributed by atoms with Gasteiger partial charge in [0.05, 0.1) is 23.8 Å². The molecule has 0 bridgehead atoms. The molecule has 0 aromatic heterocycles.